The highest BCUT2D eigenvalue weighted by Crippen LogP contribution is 2.26. The first-order chi connectivity index (χ1) is 8.15. The van der Waals surface area contributed by atoms with Gasteiger partial charge in [-0.1, -0.05) is 6.92 Å². The van der Waals surface area contributed by atoms with Crippen LogP contribution in [0.1, 0.15) is 40.0 Å². The van der Waals surface area contributed by atoms with Gasteiger partial charge in [-0.2, -0.15) is 0 Å². The number of hydrogen-bond acceptors (Lipinski definition) is 3. The average Bonchev–Trinajstić information content (AvgIpc) is 2.64. The van der Waals surface area contributed by atoms with E-state index in [1.807, 2.05) is 4.90 Å². The molecule has 0 aromatic carbocycles. The lowest BCUT2D eigenvalue weighted by molar-refractivity contribution is -0.133. The summed E-state index contributed by atoms with van der Waals surface area (Å²) in [6, 6.07) is 0.345. The van der Waals surface area contributed by atoms with Gasteiger partial charge in [-0.15, -0.1) is 0 Å². The zero-order valence-electron chi connectivity index (χ0n) is 11.1. The van der Waals surface area contributed by atoms with Crippen molar-refractivity contribution in [2.24, 2.45) is 5.92 Å². The number of ether oxygens (including phenoxy) is 1. The molecule has 17 heavy (non-hydrogen) atoms. The van der Waals surface area contributed by atoms with Gasteiger partial charge in [0.15, 0.2) is 0 Å². The van der Waals surface area contributed by atoms with Gasteiger partial charge in [0.05, 0.1) is 12.2 Å². The zero-order chi connectivity index (χ0) is 12.4. The van der Waals surface area contributed by atoms with E-state index >= 15 is 0 Å². The van der Waals surface area contributed by atoms with Crippen molar-refractivity contribution < 1.29 is 9.53 Å². The highest BCUT2D eigenvalue weighted by Gasteiger charge is 2.40. The summed E-state index contributed by atoms with van der Waals surface area (Å²) in [5.74, 6) is 0.867. The van der Waals surface area contributed by atoms with Crippen LogP contribution in [0, 0.1) is 5.92 Å². The molecule has 2 fully saturated rings. The van der Waals surface area contributed by atoms with Gasteiger partial charge >= 0.3 is 0 Å². The molecule has 3 atom stereocenters. The van der Waals surface area contributed by atoms with Gasteiger partial charge in [0, 0.05) is 19.3 Å². The van der Waals surface area contributed by atoms with Gasteiger partial charge in [-0.05, 0) is 39.0 Å². The van der Waals surface area contributed by atoms with Crippen molar-refractivity contribution in [2.75, 3.05) is 13.2 Å². The van der Waals surface area contributed by atoms with Crippen LogP contribution in [-0.4, -0.2) is 42.3 Å². The lowest BCUT2D eigenvalue weighted by Gasteiger charge is -2.36. The number of carbonyl (C=O) groups is 1. The molecule has 4 nitrogen and oxygen atoms in total. The maximum Gasteiger partial charge on any atom is 0.241 e. The molecule has 0 radical (unpaired) electrons. The Bertz CT molecular complexity index is 277. The fourth-order valence-electron chi connectivity index (χ4n) is 3.08. The molecule has 4 heteroatoms. The van der Waals surface area contributed by atoms with Gasteiger partial charge in [0.25, 0.3) is 0 Å². The monoisotopic (exact) mass is 240 g/mol. The average molecular weight is 240 g/mol. The zero-order valence-corrected chi connectivity index (χ0v) is 11.1. The summed E-state index contributed by atoms with van der Waals surface area (Å²) in [4.78, 5) is 14.3. The molecule has 2 saturated heterocycles. The molecule has 1 amide bonds. The fourth-order valence-corrected chi connectivity index (χ4v) is 3.08. The van der Waals surface area contributed by atoms with Gasteiger partial charge in [0.1, 0.15) is 0 Å². The Hall–Kier alpha value is -0.610. The summed E-state index contributed by atoms with van der Waals surface area (Å²) >= 11 is 0. The normalized spacial score (nSPS) is 33.1. The van der Waals surface area contributed by atoms with Crippen molar-refractivity contribution >= 4 is 5.91 Å². The first-order valence-electron chi connectivity index (χ1n) is 6.81. The molecule has 0 bridgehead atoms. The Labute approximate surface area is 104 Å². The van der Waals surface area contributed by atoms with Gasteiger partial charge in [-0.3, -0.25) is 10.1 Å². The second kappa shape index (κ2) is 5.36. The first kappa shape index (κ1) is 12.8. The Kier molecular flexibility index (Phi) is 4.05. The van der Waals surface area contributed by atoms with E-state index in [2.05, 4.69) is 26.1 Å². The van der Waals surface area contributed by atoms with E-state index in [1.54, 1.807) is 0 Å². The van der Waals surface area contributed by atoms with Crippen LogP contribution in [-0.2, 0) is 9.53 Å². The van der Waals surface area contributed by atoms with E-state index in [-0.39, 0.29) is 18.1 Å². The predicted molar refractivity (Wildman–Crippen MR) is 66.5 cm³/mol. The molecule has 0 aromatic rings. The SMILES string of the molecule is CCC1NC(C)N(C(C)C2CCOCC2)C1=O. The molecule has 2 rings (SSSR count). The van der Waals surface area contributed by atoms with E-state index in [1.165, 1.54) is 0 Å². The number of nitrogens with zero attached hydrogens (tertiary/aromatic N) is 1. The van der Waals surface area contributed by atoms with E-state index < -0.39 is 0 Å². The fraction of sp³-hybridized carbons (Fsp3) is 0.923. The van der Waals surface area contributed by atoms with Crippen LogP contribution in [0.2, 0.25) is 0 Å². The van der Waals surface area contributed by atoms with Crippen LogP contribution in [0.15, 0.2) is 0 Å². The molecular weight excluding hydrogens is 216 g/mol. The minimum Gasteiger partial charge on any atom is -0.381 e. The summed E-state index contributed by atoms with van der Waals surface area (Å²) in [7, 11) is 0. The van der Waals surface area contributed by atoms with Gasteiger partial charge in [-0.25, -0.2) is 0 Å². The third-order valence-electron chi connectivity index (χ3n) is 4.21. The summed E-state index contributed by atoms with van der Waals surface area (Å²) in [5.41, 5.74) is 0. The molecule has 0 aromatic heterocycles. The molecule has 0 spiro atoms. The molecule has 1 N–H and O–H groups in total. The lowest BCUT2D eigenvalue weighted by atomic mass is 9.91. The van der Waals surface area contributed by atoms with Crippen molar-refractivity contribution in [1.82, 2.24) is 10.2 Å². The minimum atomic E-state index is 0.0206. The van der Waals surface area contributed by atoms with E-state index in [0.717, 1.165) is 32.5 Å². The minimum absolute atomic E-state index is 0.0206. The third-order valence-corrected chi connectivity index (χ3v) is 4.21. The second-order valence-electron chi connectivity index (χ2n) is 5.24. The molecule has 0 aliphatic carbocycles. The summed E-state index contributed by atoms with van der Waals surface area (Å²) in [6.07, 6.45) is 3.20. The Morgan fingerprint density at radius 1 is 1.47 bits per heavy atom. The van der Waals surface area contributed by atoms with Gasteiger partial charge < -0.3 is 9.64 Å². The van der Waals surface area contributed by atoms with Crippen LogP contribution in [0.5, 0.6) is 0 Å². The Morgan fingerprint density at radius 3 is 2.65 bits per heavy atom. The van der Waals surface area contributed by atoms with Crippen LogP contribution in [0.3, 0.4) is 0 Å². The molecular formula is C13H24N2O2. The molecule has 3 unspecified atom stereocenters. The summed E-state index contributed by atoms with van der Waals surface area (Å²) in [5, 5.41) is 3.37. The summed E-state index contributed by atoms with van der Waals surface area (Å²) in [6.45, 7) is 8.02. The largest absolute Gasteiger partial charge is 0.381 e. The number of nitrogens with one attached hydrogen (secondary N) is 1. The predicted octanol–water partition coefficient (Wildman–Crippen LogP) is 1.36. The van der Waals surface area contributed by atoms with Crippen molar-refractivity contribution in [3.05, 3.63) is 0 Å². The smallest absolute Gasteiger partial charge is 0.241 e. The molecule has 2 aliphatic rings. The number of hydrogen-bond donors (Lipinski definition) is 1. The van der Waals surface area contributed by atoms with Crippen LogP contribution in [0.25, 0.3) is 0 Å². The molecule has 98 valence electrons. The Balaban J connectivity index is 2.02. The number of carbonyl (C=O) groups excluding carboxylic acids is 1. The quantitative estimate of drug-likeness (QED) is 0.810. The second-order valence-corrected chi connectivity index (χ2v) is 5.24. The third kappa shape index (κ3) is 2.47. The highest BCUT2D eigenvalue weighted by molar-refractivity contribution is 5.84. The molecule has 2 aliphatic heterocycles. The van der Waals surface area contributed by atoms with Crippen molar-refractivity contribution in [3.8, 4) is 0 Å². The molecule has 0 saturated carbocycles. The van der Waals surface area contributed by atoms with E-state index in [9.17, 15) is 4.79 Å². The van der Waals surface area contributed by atoms with Crippen molar-refractivity contribution in [2.45, 2.75) is 58.3 Å². The van der Waals surface area contributed by atoms with E-state index in [4.69, 9.17) is 4.74 Å². The molecule has 2 heterocycles. The number of rotatable bonds is 3. The van der Waals surface area contributed by atoms with Crippen molar-refractivity contribution in [1.29, 1.82) is 0 Å². The standard InChI is InChI=1S/C13H24N2O2/c1-4-12-13(16)15(10(3)14-12)9(2)11-5-7-17-8-6-11/h9-12,14H,4-8H2,1-3H3. The summed E-state index contributed by atoms with van der Waals surface area (Å²) < 4.78 is 5.39. The maximum absolute atomic E-state index is 12.3. The van der Waals surface area contributed by atoms with Crippen LogP contribution >= 0.6 is 0 Å². The first-order valence-corrected chi connectivity index (χ1v) is 6.81. The Morgan fingerprint density at radius 2 is 2.12 bits per heavy atom. The highest BCUT2D eigenvalue weighted by atomic mass is 16.5. The van der Waals surface area contributed by atoms with Gasteiger partial charge in [0.2, 0.25) is 5.91 Å². The topological polar surface area (TPSA) is 41.6 Å². The van der Waals surface area contributed by atoms with Crippen molar-refractivity contribution in [3.63, 3.8) is 0 Å². The van der Waals surface area contributed by atoms with Crippen LogP contribution < -0.4 is 5.32 Å². The van der Waals surface area contributed by atoms with Crippen LogP contribution in [0.4, 0.5) is 0 Å². The van der Waals surface area contributed by atoms with E-state index in [0.29, 0.717) is 12.0 Å². The maximum atomic E-state index is 12.3. The number of amides is 1. The lowest BCUT2D eigenvalue weighted by Crippen LogP contribution is -2.46.